The first-order chi connectivity index (χ1) is 5.22. The summed E-state index contributed by atoms with van der Waals surface area (Å²) in [5.74, 6) is 0. The van der Waals surface area contributed by atoms with E-state index in [1.54, 1.807) is 18.9 Å². The number of hydrazone groups is 1. The molecule has 2 rings (SSSR count). The van der Waals surface area contributed by atoms with Gasteiger partial charge in [0.15, 0.2) is 10.7 Å². The van der Waals surface area contributed by atoms with E-state index in [1.807, 2.05) is 7.05 Å². The molecule has 2 aliphatic rings. The van der Waals surface area contributed by atoms with Crippen LogP contribution in [0.25, 0.3) is 0 Å². The lowest BCUT2D eigenvalue weighted by Gasteiger charge is -2.24. The van der Waals surface area contributed by atoms with Crippen LogP contribution in [0, 0.1) is 0 Å². The fraction of sp³-hybridized carbons (Fsp3) is 0.167. The molecule has 0 radical (unpaired) electrons. The van der Waals surface area contributed by atoms with E-state index < -0.39 is 0 Å². The minimum absolute atomic E-state index is 0.478. The van der Waals surface area contributed by atoms with Crippen molar-refractivity contribution in [3.05, 3.63) is 11.9 Å². The molecule has 0 aliphatic carbocycles. The third-order valence-electron chi connectivity index (χ3n) is 1.72. The molecule has 0 aromatic heterocycles. The van der Waals surface area contributed by atoms with E-state index in [4.69, 9.17) is 12.2 Å². The van der Waals surface area contributed by atoms with Gasteiger partial charge in [0.25, 0.3) is 0 Å². The number of likely N-dealkylation sites (N-methyl/N-ethyl adjacent to an activating group) is 1. The summed E-state index contributed by atoms with van der Waals surface area (Å²) in [5, 5.41) is 3.90. The summed E-state index contributed by atoms with van der Waals surface area (Å²) in [6.07, 6.45) is 5.28. The molecule has 0 fully saturated rings. The first-order valence-electron chi connectivity index (χ1n) is 3.18. The zero-order valence-electron chi connectivity index (χ0n) is 5.98. The van der Waals surface area contributed by atoms with Crippen LogP contribution in [0.4, 0.5) is 0 Å². The molecule has 0 saturated carbocycles. The third kappa shape index (κ3) is 0.816. The highest BCUT2D eigenvalue weighted by Crippen LogP contribution is 2.18. The largest absolute Gasteiger partial charge is 0.258 e. The molecular formula is C6H7N4S+. The second-order valence-corrected chi connectivity index (χ2v) is 3.02. The van der Waals surface area contributed by atoms with Gasteiger partial charge in [0.1, 0.15) is 0 Å². The van der Waals surface area contributed by atoms with Gasteiger partial charge in [0, 0.05) is 0 Å². The highest BCUT2D eigenvalue weighted by Gasteiger charge is 2.34. The molecule has 1 unspecified atom stereocenters. The van der Waals surface area contributed by atoms with E-state index in [0.29, 0.717) is 9.47 Å². The molecule has 2 heterocycles. The van der Waals surface area contributed by atoms with E-state index in [9.17, 15) is 0 Å². The summed E-state index contributed by atoms with van der Waals surface area (Å²) in [6, 6.07) is 0. The summed E-state index contributed by atoms with van der Waals surface area (Å²) in [5.41, 5.74) is 3.68. The van der Waals surface area contributed by atoms with Gasteiger partial charge in [0.05, 0.1) is 13.2 Å². The molecule has 0 aromatic rings. The van der Waals surface area contributed by atoms with Crippen molar-refractivity contribution in [2.45, 2.75) is 0 Å². The molecule has 11 heavy (non-hydrogen) atoms. The molecule has 56 valence electrons. The molecule has 5 heteroatoms. The van der Waals surface area contributed by atoms with Crippen LogP contribution in [-0.2, 0) is 0 Å². The molecular weight excluding hydrogens is 160 g/mol. The van der Waals surface area contributed by atoms with Crippen LogP contribution in [0.3, 0.4) is 0 Å². The number of rotatable bonds is 0. The van der Waals surface area contributed by atoms with Crippen LogP contribution in [0.2, 0.25) is 0 Å². The van der Waals surface area contributed by atoms with Gasteiger partial charge in [-0.05, 0) is 0 Å². The average molecular weight is 167 g/mol. The fourth-order valence-corrected chi connectivity index (χ4v) is 1.37. The van der Waals surface area contributed by atoms with Crippen LogP contribution in [0.15, 0.2) is 22.0 Å². The second-order valence-electron chi connectivity index (χ2n) is 2.61. The third-order valence-corrected chi connectivity index (χ3v) is 2.02. The maximum atomic E-state index is 5.03. The van der Waals surface area contributed by atoms with Crippen LogP contribution < -0.4 is 5.43 Å². The SMILES string of the molecule is C[N+]12C=NC=C1C(=S)NN=C2. The lowest BCUT2D eigenvalue weighted by atomic mass is 10.4. The fourth-order valence-electron chi connectivity index (χ4n) is 1.06. The van der Waals surface area contributed by atoms with Crippen molar-refractivity contribution < 1.29 is 4.48 Å². The first-order valence-corrected chi connectivity index (χ1v) is 3.59. The number of hydrogen-bond donors (Lipinski definition) is 1. The van der Waals surface area contributed by atoms with E-state index in [2.05, 4.69) is 15.5 Å². The number of nitrogens with zero attached hydrogens (tertiary/aromatic N) is 3. The molecule has 1 atom stereocenters. The Morgan fingerprint density at radius 1 is 1.55 bits per heavy atom. The summed E-state index contributed by atoms with van der Waals surface area (Å²) in [7, 11) is 1.97. The highest BCUT2D eigenvalue weighted by atomic mass is 32.1. The Labute approximate surface area is 69.5 Å². The van der Waals surface area contributed by atoms with E-state index in [-0.39, 0.29) is 0 Å². The average Bonchev–Trinajstić information content (AvgIpc) is 2.31. The lowest BCUT2D eigenvalue weighted by Crippen LogP contribution is -2.47. The van der Waals surface area contributed by atoms with Gasteiger partial charge in [-0.1, -0.05) is 12.2 Å². The maximum Gasteiger partial charge on any atom is 0.218 e. The summed E-state index contributed by atoms with van der Waals surface area (Å²) < 4.78 is 0.478. The molecule has 0 amide bonds. The maximum absolute atomic E-state index is 5.03. The van der Waals surface area contributed by atoms with E-state index in [1.165, 1.54) is 0 Å². The van der Waals surface area contributed by atoms with Crippen molar-refractivity contribution in [2.24, 2.45) is 10.1 Å². The van der Waals surface area contributed by atoms with Crippen LogP contribution in [0.5, 0.6) is 0 Å². The number of quaternary nitrogens is 1. The van der Waals surface area contributed by atoms with Crippen LogP contribution in [-0.4, -0.2) is 29.2 Å². The zero-order valence-corrected chi connectivity index (χ0v) is 6.80. The molecule has 1 N–H and O–H groups in total. The van der Waals surface area contributed by atoms with Gasteiger partial charge >= 0.3 is 0 Å². The number of aliphatic imine (C=N–C) groups is 1. The summed E-state index contributed by atoms with van der Waals surface area (Å²) in [6.45, 7) is 0. The van der Waals surface area contributed by atoms with Crippen molar-refractivity contribution in [1.82, 2.24) is 5.43 Å². The minimum Gasteiger partial charge on any atom is -0.258 e. The quantitative estimate of drug-likeness (QED) is 0.413. The monoisotopic (exact) mass is 167 g/mol. The van der Waals surface area contributed by atoms with Gasteiger partial charge in [-0.2, -0.15) is 0 Å². The van der Waals surface area contributed by atoms with Crippen LogP contribution in [0.1, 0.15) is 0 Å². The first kappa shape index (κ1) is 6.63. The normalized spacial score (nSPS) is 33.2. The molecule has 0 saturated heterocycles. The Kier molecular flexibility index (Phi) is 1.18. The Hall–Kier alpha value is -1.07. The molecule has 0 bridgehead atoms. The molecule has 0 aromatic carbocycles. The number of nitrogens with one attached hydrogen (secondary N) is 1. The van der Waals surface area contributed by atoms with Crippen molar-refractivity contribution in [3.63, 3.8) is 0 Å². The minimum atomic E-state index is 0.478. The van der Waals surface area contributed by atoms with E-state index in [0.717, 1.165) is 5.70 Å². The molecule has 0 spiro atoms. The Morgan fingerprint density at radius 2 is 2.36 bits per heavy atom. The zero-order chi connectivity index (χ0) is 7.90. The number of fused-ring (bicyclic) bond motifs is 1. The molecule has 2 aliphatic heterocycles. The van der Waals surface area contributed by atoms with Gasteiger partial charge in [-0.3, -0.25) is 5.43 Å². The van der Waals surface area contributed by atoms with Crippen molar-refractivity contribution >= 4 is 29.9 Å². The predicted octanol–water partition coefficient (Wildman–Crippen LogP) is 0.190. The number of hydrogen-bond acceptors (Lipinski definition) is 3. The smallest absolute Gasteiger partial charge is 0.218 e. The van der Waals surface area contributed by atoms with Crippen molar-refractivity contribution in [3.8, 4) is 0 Å². The van der Waals surface area contributed by atoms with Gasteiger partial charge < -0.3 is 0 Å². The lowest BCUT2D eigenvalue weighted by molar-refractivity contribution is -0.655. The molecule has 4 nitrogen and oxygen atoms in total. The Morgan fingerprint density at radius 3 is 3.09 bits per heavy atom. The van der Waals surface area contributed by atoms with Crippen molar-refractivity contribution in [2.75, 3.05) is 7.05 Å². The summed E-state index contributed by atoms with van der Waals surface area (Å²) >= 11 is 5.03. The van der Waals surface area contributed by atoms with Gasteiger partial charge in [-0.25, -0.2) is 9.48 Å². The Balaban J connectivity index is 2.52. The second kappa shape index (κ2) is 1.96. The Bertz CT molecular complexity index is 304. The van der Waals surface area contributed by atoms with E-state index >= 15 is 0 Å². The standard InChI is InChI=1S/C6H6N4S/c1-10-3-7-2-5(10)6(11)9-8-4-10/h2-4H,1H3/p+1. The van der Waals surface area contributed by atoms with Gasteiger partial charge in [-0.15, -0.1) is 5.10 Å². The van der Waals surface area contributed by atoms with Crippen LogP contribution >= 0.6 is 12.2 Å². The predicted molar refractivity (Wildman–Crippen MR) is 47.0 cm³/mol. The topological polar surface area (TPSA) is 36.8 Å². The van der Waals surface area contributed by atoms with Crippen molar-refractivity contribution in [1.29, 1.82) is 0 Å². The summed E-state index contributed by atoms with van der Waals surface area (Å²) in [4.78, 5) is 4.66. The highest BCUT2D eigenvalue weighted by molar-refractivity contribution is 7.80. The van der Waals surface area contributed by atoms with Gasteiger partial charge in [0.2, 0.25) is 12.7 Å². The number of thiocarbonyl (C=S) groups is 1.